The lowest BCUT2D eigenvalue weighted by Crippen LogP contribution is -2.00. The van der Waals surface area contributed by atoms with Crippen molar-refractivity contribution in [1.82, 2.24) is 0 Å². The van der Waals surface area contributed by atoms with Crippen molar-refractivity contribution in [3.05, 3.63) is 47.5 Å². The van der Waals surface area contributed by atoms with E-state index in [4.69, 9.17) is 0 Å². The van der Waals surface area contributed by atoms with Crippen molar-refractivity contribution in [2.45, 2.75) is 32.6 Å². The van der Waals surface area contributed by atoms with Crippen molar-refractivity contribution in [2.24, 2.45) is 0 Å². The first-order valence-electron chi connectivity index (χ1n) is 6.81. The molecule has 0 heterocycles. The number of hydrogen-bond acceptors (Lipinski definition) is 1. The summed E-state index contributed by atoms with van der Waals surface area (Å²) in [6.45, 7) is 2.09. The molecule has 2 rings (SSSR count). The van der Waals surface area contributed by atoms with Crippen LogP contribution in [0.15, 0.2) is 36.4 Å². The van der Waals surface area contributed by atoms with Crippen molar-refractivity contribution in [1.29, 1.82) is 0 Å². The lowest BCUT2D eigenvalue weighted by molar-refractivity contribution is 0.0981. The zero-order valence-electron chi connectivity index (χ0n) is 11.3. The van der Waals surface area contributed by atoms with Gasteiger partial charge in [0.1, 0.15) is 0 Å². The summed E-state index contributed by atoms with van der Waals surface area (Å²) in [5.74, 6) is 0.269. The van der Waals surface area contributed by atoms with E-state index in [2.05, 4.69) is 28.9 Å². The van der Waals surface area contributed by atoms with Crippen LogP contribution in [0.1, 0.15) is 41.6 Å². The van der Waals surface area contributed by atoms with Crippen LogP contribution in [0.5, 0.6) is 0 Å². The van der Waals surface area contributed by atoms with E-state index in [0.717, 1.165) is 35.5 Å². The molecule has 0 aromatic heterocycles. The topological polar surface area (TPSA) is 17.1 Å². The molecule has 0 unspecified atom stereocenters. The maximum atomic E-state index is 12.3. The fraction of sp³-hybridized carbons (Fsp3) is 0.353. The summed E-state index contributed by atoms with van der Waals surface area (Å²) in [4.78, 5) is 12.3. The second kappa shape index (κ2) is 6.85. The molecule has 0 aliphatic carbocycles. The number of carbonyl (C=O) groups is 1. The molecule has 0 radical (unpaired) electrons. The molecule has 100 valence electrons. The molecular weight excluding hydrogens is 300 g/mol. The molecule has 2 aromatic rings. The number of unbranched alkanes of at least 4 members (excludes halogenated alkanes) is 2. The Balaban J connectivity index is 2.20. The number of aryl methyl sites for hydroxylation is 1. The van der Waals surface area contributed by atoms with Crippen LogP contribution in [0.25, 0.3) is 10.8 Å². The van der Waals surface area contributed by atoms with Crippen LogP contribution in [0.4, 0.5) is 0 Å². The van der Waals surface area contributed by atoms with Crippen LogP contribution in [0.3, 0.4) is 0 Å². The highest BCUT2D eigenvalue weighted by Gasteiger charge is 2.10. The number of rotatable bonds is 6. The van der Waals surface area contributed by atoms with Gasteiger partial charge in [-0.3, -0.25) is 4.79 Å². The average molecular weight is 319 g/mol. The van der Waals surface area contributed by atoms with Crippen LogP contribution in [-0.2, 0) is 0 Å². The molecule has 0 N–H and O–H groups in total. The molecule has 0 fully saturated rings. The highest BCUT2D eigenvalue weighted by molar-refractivity contribution is 9.09. The summed E-state index contributed by atoms with van der Waals surface area (Å²) in [5, 5.41) is 3.30. The Hall–Kier alpha value is -1.15. The second-order valence-corrected chi connectivity index (χ2v) is 5.69. The fourth-order valence-electron chi connectivity index (χ4n) is 2.38. The minimum Gasteiger partial charge on any atom is -0.294 e. The van der Waals surface area contributed by atoms with E-state index in [1.54, 1.807) is 0 Å². The Bertz CT molecular complexity index is 574. The number of alkyl halides is 1. The van der Waals surface area contributed by atoms with E-state index in [9.17, 15) is 4.79 Å². The molecule has 0 bridgehead atoms. The molecule has 0 amide bonds. The van der Waals surface area contributed by atoms with Gasteiger partial charge in [0.05, 0.1) is 0 Å². The number of hydrogen-bond donors (Lipinski definition) is 0. The highest BCUT2D eigenvalue weighted by atomic mass is 79.9. The quantitative estimate of drug-likeness (QED) is 0.402. The van der Waals surface area contributed by atoms with Gasteiger partial charge in [-0.1, -0.05) is 58.7 Å². The van der Waals surface area contributed by atoms with Crippen molar-refractivity contribution >= 4 is 32.5 Å². The summed E-state index contributed by atoms with van der Waals surface area (Å²) in [6, 6.07) is 12.2. The predicted octanol–water partition coefficient (Wildman–Crippen LogP) is 5.29. The monoisotopic (exact) mass is 318 g/mol. The van der Waals surface area contributed by atoms with E-state index >= 15 is 0 Å². The molecule has 0 aliphatic rings. The third-order valence-electron chi connectivity index (χ3n) is 3.48. The first kappa shape index (κ1) is 14.3. The van der Waals surface area contributed by atoms with Gasteiger partial charge in [0.2, 0.25) is 0 Å². The van der Waals surface area contributed by atoms with Crippen molar-refractivity contribution in [3.8, 4) is 0 Å². The zero-order valence-corrected chi connectivity index (χ0v) is 12.9. The third kappa shape index (κ3) is 3.44. The van der Waals surface area contributed by atoms with E-state index in [1.807, 2.05) is 30.3 Å². The largest absolute Gasteiger partial charge is 0.294 e. The summed E-state index contributed by atoms with van der Waals surface area (Å²) >= 11 is 3.42. The maximum absolute atomic E-state index is 12.3. The second-order valence-electron chi connectivity index (χ2n) is 4.90. The fourth-order valence-corrected chi connectivity index (χ4v) is 2.78. The standard InChI is InChI=1S/C17H19BrO/c1-13-10-11-16(15-8-5-4-7-14(13)15)17(19)9-3-2-6-12-18/h4-5,7-8,10-11H,2-3,6,9,12H2,1H3. The summed E-state index contributed by atoms with van der Waals surface area (Å²) in [6.07, 6.45) is 3.88. The first-order chi connectivity index (χ1) is 9.24. The van der Waals surface area contributed by atoms with Crippen LogP contribution >= 0.6 is 15.9 Å². The normalized spacial score (nSPS) is 10.8. The Morgan fingerprint density at radius 1 is 1.00 bits per heavy atom. The van der Waals surface area contributed by atoms with Gasteiger partial charge in [0, 0.05) is 17.3 Å². The first-order valence-corrected chi connectivity index (χ1v) is 7.93. The molecule has 1 nitrogen and oxygen atoms in total. The molecule has 19 heavy (non-hydrogen) atoms. The third-order valence-corrected chi connectivity index (χ3v) is 4.04. The van der Waals surface area contributed by atoms with Gasteiger partial charge in [0.15, 0.2) is 5.78 Å². The zero-order chi connectivity index (χ0) is 13.7. The van der Waals surface area contributed by atoms with Gasteiger partial charge in [-0.05, 0) is 36.1 Å². The average Bonchev–Trinajstić information content (AvgIpc) is 2.44. The van der Waals surface area contributed by atoms with Crippen molar-refractivity contribution in [3.63, 3.8) is 0 Å². The number of ketones is 1. The summed E-state index contributed by atoms with van der Waals surface area (Å²) in [7, 11) is 0. The van der Waals surface area contributed by atoms with E-state index in [0.29, 0.717) is 6.42 Å². The van der Waals surface area contributed by atoms with Gasteiger partial charge in [-0.15, -0.1) is 0 Å². The number of benzene rings is 2. The van der Waals surface area contributed by atoms with Gasteiger partial charge in [0.25, 0.3) is 0 Å². The van der Waals surface area contributed by atoms with E-state index in [-0.39, 0.29) is 5.78 Å². The molecule has 0 spiro atoms. The van der Waals surface area contributed by atoms with Gasteiger partial charge in [-0.2, -0.15) is 0 Å². The molecule has 0 saturated heterocycles. The van der Waals surface area contributed by atoms with Crippen LogP contribution in [-0.4, -0.2) is 11.1 Å². The van der Waals surface area contributed by atoms with E-state index in [1.165, 1.54) is 10.9 Å². The van der Waals surface area contributed by atoms with Gasteiger partial charge < -0.3 is 0 Å². The molecule has 0 atom stereocenters. The Morgan fingerprint density at radius 2 is 1.74 bits per heavy atom. The van der Waals surface area contributed by atoms with Crippen LogP contribution in [0, 0.1) is 6.92 Å². The van der Waals surface area contributed by atoms with E-state index < -0.39 is 0 Å². The molecule has 0 saturated carbocycles. The SMILES string of the molecule is Cc1ccc(C(=O)CCCCCBr)c2ccccc12. The Kier molecular flexibility index (Phi) is 5.15. The number of carbonyl (C=O) groups excluding carboxylic acids is 1. The van der Waals surface area contributed by atoms with Crippen molar-refractivity contribution in [2.75, 3.05) is 5.33 Å². The molecule has 2 heteroatoms. The summed E-state index contributed by atoms with van der Waals surface area (Å²) in [5.41, 5.74) is 2.10. The van der Waals surface area contributed by atoms with Crippen LogP contribution < -0.4 is 0 Å². The lowest BCUT2D eigenvalue weighted by Gasteiger charge is -2.08. The Morgan fingerprint density at radius 3 is 2.47 bits per heavy atom. The smallest absolute Gasteiger partial charge is 0.163 e. The number of halogens is 1. The van der Waals surface area contributed by atoms with Gasteiger partial charge >= 0.3 is 0 Å². The highest BCUT2D eigenvalue weighted by Crippen LogP contribution is 2.24. The molecule has 2 aromatic carbocycles. The van der Waals surface area contributed by atoms with Crippen molar-refractivity contribution < 1.29 is 4.79 Å². The number of fused-ring (bicyclic) bond motifs is 1. The molecule has 0 aliphatic heterocycles. The van der Waals surface area contributed by atoms with Crippen LogP contribution in [0.2, 0.25) is 0 Å². The minimum atomic E-state index is 0.269. The Labute approximate surface area is 123 Å². The summed E-state index contributed by atoms with van der Waals surface area (Å²) < 4.78 is 0. The number of Topliss-reactive ketones (excluding diaryl/α,β-unsaturated/α-hetero) is 1. The predicted molar refractivity (Wildman–Crippen MR) is 85.3 cm³/mol. The minimum absolute atomic E-state index is 0.269. The lowest BCUT2D eigenvalue weighted by atomic mass is 9.96. The maximum Gasteiger partial charge on any atom is 0.163 e. The van der Waals surface area contributed by atoms with Gasteiger partial charge in [-0.25, -0.2) is 0 Å². The molecular formula is C17H19BrO.